The van der Waals surface area contributed by atoms with Crippen LogP contribution < -0.4 is 4.72 Å². The molecule has 0 spiro atoms. The maximum absolute atomic E-state index is 11.6. The zero-order valence-electron chi connectivity index (χ0n) is 7.45. The smallest absolute Gasteiger partial charge is 0.280 e. The summed E-state index contributed by atoms with van der Waals surface area (Å²) in [5.41, 5.74) is 0. The maximum atomic E-state index is 11.6. The third kappa shape index (κ3) is 2.10. The number of imidazole rings is 1. The van der Waals surface area contributed by atoms with Crippen LogP contribution in [0.1, 0.15) is 0 Å². The van der Waals surface area contributed by atoms with Gasteiger partial charge in [-0.2, -0.15) is 8.42 Å². The molecule has 0 saturated heterocycles. The van der Waals surface area contributed by atoms with Crippen LogP contribution in [0.4, 0.5) is 5.82 Å². The highest BCUT2D eigenvalue weighted by atomic mass is 32.2. The Morgan fingerprint density at radius 3 is 2.67 bits per heavy atom. The number of nitrogens with zero attached hydrogens (tertiary/aromatic N) is 3. The van der Waals surface area contributed by atoms with Gasteiger partial charge in [0.25, 0.3) is 10.0 Å². The lowest BCUT2D eigenvalue weighted by Gasteiger charge is -2.03. The van der Waals surface area contributed by atoms with Crippen molar-refractivity contribution in [1.29, 1.82) is 0 Å². The Bertz CT molecular complexity index is 522. The number of nitrogens with one attached hydrogen (secondary N) is 2. The molecule has 0 saturated carbocycles. The van der Waals surface area contributed by atoms with Crippen molar-refractivity contribution in [3.63, 3.8) is 0 Å². The van der Waals surface area contributed by atoms with E-state index in [2.05, 4.69) is 24.7 Å². The van der Waals surface area contributed by atoms with Gasteiger partial charge in [0, 0.05) is 12.4 Å². The summed E-state index contributed by atoms with van der Waals surface area (Å²) in [4.78, 5) is 13.6. The van der Waals surface area contributed by atoms with E-state index in [4.69, 9.17) is 0 Å². The van der Waals surface area contributed by atoms with E-state index in [0.29, 0.717) is 0 Å². The third-order valence-electron chi connectivity index (χ3n) is 1.56. The summed E-state index contributed by atoms with van der Waals surface area (Å²) in [6, 6.07) is 0. The van der Waals surface area contributed by atoms with Crippen LogP contribution in [0.5, 0.6) is 0 Å². The van der Waals surface area contributed by atoms with Gasteiger partial charge in [0.15, 0.2) is 10.8 Å². The summed E-state index contributed by atoms with van der Waals surface area (Å²) in [6.45, 7) is 0. The predicted molar refractivity (Wildman–Crippen MR) is 51.4 cm³/mol. The molecule has 2 aromatic heterocycles. The molecule has 0 aromatic carbocycles. The molecule has 0 aliphatic carbocycles. The summed E-state index contributed by atoms with van der Waals surface area (Å²) in [5.74, 6) is 0.159. The van der Waals surface area contributed by atoms with Crippen LogP contribution in [0.2, 0.25) is 0 Å². The minimum atomic E-state index is -3.64. The maximum Gasteiger partial charge on any atom is 0.280 e. The zero-order chi connectivity index (χ0) is 10.7. The molecule has 0 radical (unpaired) electrons. The molecular formula is C7H7N5O2S. The van der Waals surface area contributed by atoms with E-state index < -0.39 is 10.0 Å². The van der Waals surface area contributed by atoms with Crippen molar-refractivity contribution >= 4 is 15.8 Å². The molecule has 0 aliphatic rings. The van der Waals surface area contributed by atoms with Crippen LogP contribution >= 0.6 is 0 Å². The van der Waals surface area contributed by atoms with E-state index >= 15 is 0 Å². The Hall–Kier alpha value is -1.96. The minimum Gasteiger partial charge on any atom is -0.334 e. The van der Waals surface area contributed by atoms with Crippen LogP contribution in [0.25, 0.3) is 0 Å². The second kappa shape index (κ2) is 3.65. The first-order valence-electron chi connectivity index (χ1n) is 3.96. The van der Waals surface area contributed by atoms with Gasteiger partial charge in [0.2, 0.25) is 0 Å². The van der Waals surface area contributed by atoms with Gasteiger partial charge in [-0.1, -0.05) is 0 Å². The first kappa shape index (κ1) is 9.59. The molecule has 2 heterocycles. The monoisotopic (exact) mass is 225 g/mol. The molecule has 0 aliphatic heterocycles. The van der Waals surface area contributed by atoms with Crippen molar-refractivity contribution in [3.8, 4) is 0 Å². The van der Waals surface area contributed by atoms with E-state index in [1.165, 1.54) is 31.1 Å². The normalized spacial score (nSPS) is 11.2. The molecule has 2 N–H and O–H groups in total. The second-order valence-corrected chi connectivity index (χ2v) is 4.26. The highest BCUT2D eigenvalue weighted by Gasteiger charge is 2.15. The molecule has 7 nitrogen and oxygen atoms in total. The number of hydrogen-bond acceptors (Lipinski definition) is 5. The van der Waals surface area contributed by atoms with E-state index in [-0.39, 0.29) is 10.8 Å². The van der Waals surface area contributed by atoms with Crippen LogP contribution in [-0.2, 0) is 10.0 Å². The van der Waals surface area contributed by atoms with Gasteiger partial charge in [-0.15, -0.1) is 0 Å². The van der Waals surface area contributed by atoms with Crippen molar-refractivity contribution in [1.82, 2.24) is 19.9 Å². The van der Waals surface area contributed by atoms with Gasteiger partial charge < -0.3 is 4.98 Å². The number of aromatic nitrogens is 4. The molecule has 0 unspecified atom stereocenters. The molecule has 15 heavy (non-hydrogen) atoms. The summed E-state index contributed by atoms with van der Waals surface area (Å²) >= 11 is 0. The first-order valence-corrected chi connectivity index (χ1v) is 5.44. The van der Waals surface area contributed by atoms with Gasteiger partial charge in [-0.25, -0.2) is 9.97 Å². The van der Waals surface area contributed by atoms with E-state index in [0.717, 1.165) is 0 Å². The fourth-order valence-corrected chi connectivity index (χ4v) is 1.83. The van der Waals surface area contributed by atoms with Gasteiger partial charge in [0.05, 0.1) is 18.7 Å². The number of rotatable bonds is 3. The van der Waals surface area contributed by atoms with Crippen LogP contribution in [0.15, 0.2) is 36.1 Å². The summed E-state index contributed by atoms with van der Waals surface area (Å²) < 4.78 is 25.5. The Kier molecular flexibility index (Phi) is 2.34. The van der Waals surface area contributed by atoms with Crippen molar-refractivity contribution in [2.45, 2.75) is 5.03 Å². The molecule has 0 fully saturated rings. The van der Waals surface area contributed by atoms with Gasteiger partial charge in [0.1, 0.15) is 0 Å². The fraction of sp³-hybridized carbons (Fsp3) is 0. The van der Waals surface area contributed by atoms with Crippen LogP contribution in [0.3, 0.4) is 0 Å². The average Bonchev–Trinajstić information content (AvgIpc) is 2.71. The lowest BCUT2D eigenvalue weighted by atomic mass is 10.7. The summed E-state index contributed by atoms with van der Waals surface area (Å²) in [5, 5.41) is -0.0202. The number of aromatic amines is 1. The zero-order valence-corrected chi connectivity index (χ0v) is 8.27. The quantitative estimate of drug-likeness (QED) is 0.765. The first-order chi connectivity index (χ1) is 7.18. The van der Waals surface area contributed by atoms with Crippen LogP contribution in [-0.4, -0.2) is 28.4 Å². The molecule has 0 bridgehead atoms. The molecule has 2 aromatic rings. The predicted octanol–water partition coefficient (Wildman–Crippen LogP) is 0.000500. The topological polar surface area (TPSA) is 101 Å². The van der Waals surface area contributed by atoms with Crippen molar-refractivity contribution in [2.24, 2.45) is 0 Å². The average molecular weight is 225 g/mol. The Labute approximate surface area is 85.7 Å². The van der Waals surface area contributed by atoms with E-state index in [9.17, 15) is 8.42 Å². The van der Waals surface area contributed by atoms with E-state index in [1.807, 2.05) is 0 Å². The van der Waals surface area contributed by atoms with E-state index in [1.54, 1.807) is 0 Å². The fourth-order valence-electron chi connectivity index (χ4n) is 0.935. The van der Waals surface area contributed by atoms with Crippen molar-refractivity contribution in [3.05, 3.63) is 31.1 Å². The Balaban J connectivity index is 2.27. The van der Waals surface area contributed by atoms with Gasteiger partial charge >= 0.3 is 0 Å². The molecule has 2 rings (SSSR count). The van der Waals surface area contributed by atoms with Crippen molar-refractivity contribution < 1.29 is 8.42 Å². The third-order valence-corrected chi connectivity index (χ3v) is 2.84. The number of anilines is 1. The highest BCUT2D eigenvalue weighted by Crippen LogP contribution is 2.08. The molecule has 78 valence electrons. The van der Waals surface area contributed by atoms with Crippen molar-refractivity contribution in [2.75, 3.05) is 4.72 Å². The minimum absolute atomic E-state index is 0.0202. The molecular weight excluding hydrogens is 218 g/mol. The Morgan fingerprint density at radius 1 is 1.20 bits per heavy atom. The van der Waals surface area contributed by atoms with Crippen LogP contribution in [0, 0.1) is 0 Å². The molecule has 0 amide bonds. The molecule has 0 atom stereocenters. The number of H-pyrrole nitrogens is 1. The molecule has 8 heteroatoms. The largest absolute Gasteiger partial charge is 0.334 e. The lowest BCUT2D eigenvalue weighted by molar-refractivity contribution is 0.598. The van der Waals surface area contributed by atoms with Gasteiger partial charge in [-0.3, -0.25) is 9.71 Å². The summed E-state index contributed by atoms with van der Waals surface area (Å²) in [7, 11) is -3.64. The summed E-state index contributed by atoms with van der Waals surface area (Å²) in [6.07, 6.45) is 6.65. The standard InChI is InChI=1S/C7H7N5O2S/c13-15(14,7-4-9-5-11-7)12-6-3-8-1-2-10-6/h1-5H,(H,9,11)(H,10,12). The second-order valence-electron chi connectivity index (χ2n) is 2.61. The number of hydrogen-bond donors (Lipinski definition) is 2. The Morgan fingerprint density at radius 2 is 2.07 bits per heavy atom. The SMILES string of the molecule is O=S(=O)(Nc1cnccn1)c1cnc[nH]1. The van der Waals surface area contributed by atoms with Gasteiger partial charge in [-0.05, 0) is 0 Å². The highest BCUT2D eigenvalue weighted by molar-refractivity contribution is 7.92. The number of sulfonamides is 1. The lowest BCUT2D eigenvalue weighted by Crippen LogP contribution is -2.14.